The van der Waals surface area contributed by atoms with Crippen molar-refractivity contribution in [3.05, 3.63) is 101 Å². The van der Waals surface area contributed by atoms with Crippen molar-refractivity contribution in [3.63, 3.8) is 0 Å². The molecule has 1 N–H and O–H groups in total. The highest BCUT2D eigenvalue weighted by Gasteiger charge is 2.48. The molecule has 0 radical (unpaired) electrons. The summed E-state index contributed by atoms with van der Waals surface area (Å²) < 4.78 is 13.4. The third-order valence-electron chi connectivity index (χ3n) is 5.64. The van der Waals surface area contributed by atoms with Crippen LogP contribution in [-0.4, -0.2) is 11.0 Å². The Labute approximate surface area is 174 Å². The van der Waals surface area contributed by atoms with E-state index in [0.29, 0.717) is 24.1 Å². The summed E-state index contributed by atoms with van der Waals surface area (Å²) in [7, 11) is 0. The van der Waals surface area contributed by atoms with Crippen molar-refractivity contribution in [1.82, 2.24) is 0 Å². The Hall–Kier alpha value is -3.49. The lowest BCUT2D eigenvalue weighted by molar-refractivity contribution is -0.131. The number of nitrogens with zero attached hydrogens (tertiary/aromatic N) is 2. The summed E-state index contributed by atoms with van der Waals surface area (Å²) in [5.41, 5.74) is 2.93. The van der Waals surface area contributed by atoms with Gasteiger partial charge in [0, 0.05) is 5.69 Å². The normalized spacial score (nSPS) is 19.1. The van der Waals surface area contributed by atoms with E-state index in [4.69, 9.17) is 5.26 Å². The van der Waals surface area contributed by atoms with Crippen molar-refractivity contribution in [2.45, 2.75) is 25.0 Å². The first kappa shape index (κ1) is 19.8. The van der Waals surface area contributed by atoms with Gasteiger partial charge in [0.2, 0.25) is 5.91 Å². The average Bonchev–Trinajstić information content (AvgIpc) is 2.79. The van der Waals surface area contributed by atoms with Crippen LogP contribution in [-0.2, 0) is 4.79 Å². The number of rotatable bonds is 6. The average molecular weight is 400 g/mol. The maximum absolute atomic E-state index is 13.4. The molecule has 4 rings (SSSR count). The fourth-order valence-electron chi connectivity index (χ4n) is 4.03. The number of aliphatic hydroxyl groups is 1. The second kappa shape index (κ2) is 8.48. The van der Waals surface area contributed by atoms with E-state index in [1.165, 1.54) is 12.1 Å². The van der Waals surface area contributed by atoms with Gasteiger partial charge >= 0.3 is 0 Å². The molecule has 0 bridgehead atoms. The molecule has 0 spiro atoms. The first-order chi connectivity index (χ1) is 14.6. The number of β-lactam (4-membered cyclic amide) rings is 1. The molecule has 1 amide bonds. The lowest BCUT2D eigenvalue weighted by Gasteiger charge is -2.48. The number of anilines is 1. The van der Waals surface area contributed by atoms with Crippen molar-refractivity contribution >= 4 is 11.6 Å². The molecule has 3 aromatic rings. The van der Waals surface area contributed by atoms with E-state index < -0.39 is 6.10 Å². The highest BCUT2D eigenvalue weighted by Crippen LogP contribution is 2.46. The maximum atomic E-state index is 13.4. The lowest BCUT2D eigenvalue weighted by Crippen LogP contribution is -2.55. The van der Waals surface area contributed by atoms with Gasteiger partial charge in [0.15, 0.2) is 0 Å². The van der Waals surface area contributed by atoms with E-state index in [2.05, 4.69) is 6.07 Å². The summed E-state index contributed by atoms with van der Waals surface area (Å²) in [5, 5.41) is 19.6. The minimum Gasteiger partial charge on any atom is -0.388 e. The van der Waals surface area contributed by atoms with Gasteiger partial charge in [-0.2, -0.15) is 5.26 Å². The van der Waals surface area contributed by atoms with Crippen LogP contribution in [0.4, 0.5) is 10.1 Å². The minimum atomic E-state index is -0.638. The topological polar surface area (TPSA) is 64.3 Å². The highest BCUT2D eigenvalue weighted by atomic mass is 19.1. The van der Waals surface area contributed by atoms with Gasteiger partial charge in [0.05, 0.1) is 29.7 Å². The Bertz CT molecular complexity index is 1060. The van der Waals surface area contributed by atoms with Gasteiger partial charge in [-0.3, -0.25) is 4.79 Å². The predicted octanol–water partition coefficient (Wildman–Crippen LogP) is 4.92. The molecule has 1 aliphatic heterocycles. The summed E-state index contributed by atoms with van der Waals surface area (Å²) in [6.45, 7) is 0. The third-order valence-corrected chi connectivity index (χ3v) is 5.64. The van der Waals surface area contributed by atoms with Crippen LogP contribution in [0.25, 0.3) is 0 Å². The molecular weight excluding hydrogens is 379 g/mol. The second-order valence-corrected chi connectivity index (χ2v) is 7.47. The summed E-state index contributed by atoms with van der Waals surface area (Å²) in [6.07, 6.45) is 0.349. The molecule has 0 aromatic heterocycles. The van der Waals surface area contributed by atoms with Crippen LogP contribution in [0, 0.1) is 23.1 Å². The number of hydrogen-bond donors (Lipinski definition) is 1. The van der Waals surface area contributed by atoms with Gasteiger partial charge in [-0.15, -0.1) is 0 Å². The molecule has 1 fully saturated rings. The van der Waals surface area contributed by atoms with Gasteiger partial charge in [-0.1, -0.05) is 42.5 Å². The van der Waals surface area contributed by atoms with E-state index in [1.54, 1.807) is 29.2 Å². The fraction of sp³-hybridized carbons (Fsp3) is 0.200. The molecule has 3 unspecified atom stereocenters. The van der Waals surface area contributed by atoms with Crippen LogP contribution < -0.4 is 4.90 Å². The number of halogens is 1. The molecule has 0 saturated carbocycles. The number of benzene rings is 3. The predicted molar refractivity (Wildman–Crippen MR) is 112 cm³/mol. The summed E-state index contributed by atoms with van der Waals surface area (Å²) in [5.74, 6) is -0.693. The Morgan fingerprint density at radius 3 is 2.30 bits per heavy atom. The number of aliphatic hydroxyl groups excluding tert-OH is 1. The fourth-order valence-corrected chi connectivity index (χ4v) is 4.03. The van der Waals surface area contributed by atoms with Crippen molar-refractivity contribution in [2.24, 2.45) is 5.92 Å². The van der Waals surface area contributed by atoms with E-state index in [-0.39, 0.29) is 23.7 Å². The smallest absolute Gasteiger partial charge is 0.233 e. The number of carbonyl (C=O) groups excluding carboxylic acids is 1. The van der Waals surface area contributed by atoms with Gasteiger partial charge in [0.1, 0.15) is 5.82 Å². The van der Waals surface area contributed by atoms with Gasteiger partial charge in [0.25, 0.3) is 0 Å². The zero-order valence-electron chi connectivity index (χ0n) is 16.3. The van der Waals surface area contributed by atoms with Crippen LogP contribution in [0.5, 0.6) is 0 Å². The summed E-state index contributed by atoms with van der Waals surface area (Å²) >= 11 is 0. The zero-order chi connectivity index (χ0) is 21.1. The maximum Gasteiger partial charge on any atom is 0.233 e. The molecule has 3 aromatic carbocycles. The zero-order valence-corrected chi connectivity index (χ0v) is 16.3. The molecule has 5 heteroatoms. The Morgan fingerprint density at radius 1 is 1.00 bits per heavy atom. The van der Waals surface area contributed by atoms with Crippen molar-refractivity contribution < 1.29 is 14.3 Å². The van der Waals surface area contributed by atoms with Crippen molar-refractivity contribution in [2.75, 3.05) is 4.90 Å². The monoisotopic (exact) mass is 400 g/mol. The highest BCUT2D eigenvalue weighted by molar-refractivity contribution is 6.03. The van der Waals surface area contributed by atoms with Crippen LogP contribution in [0.1, 0.15) is 41.7 Å². The van der Waals surface area contributed by atoms with E-state index in [1.807, 2.05) is 42.5 Å². The molecule has 30 heavy (non-hydrogen) atoms. The van der Waals surface area contributed by atoms with Crippen LogP contribution in [0.2, 0.25) is 0 Å². The number of nitriles is 1. The Kier molecular flexibility index (Phi) is 5.60. The largest absolute Gasteiger partial charge is 0.388 e. The molecule has 1 heterocycles. The molecule has 4 nitrogen and oxygen atoms in total. The molecule has 150 valence electrons. The molecule has 0 aliphatic carbocycles. The van der Waals surface area contributed by atoms with Crippen LogP contribution >= 0.6 is 0 Å². The Morgan fingerprint density at radius 2 is 1.67 bits per heavy atom. The van der Waals surface area contributed by atoms with Gasteiger partial charge in [-0.05, 0) is 60.4 Å². The molecule has 1 saturated heterocycles. The quantitative estimate of drug-likeness (QED) is 0.598. The SMILES string of the molecule is N#Cc1ccc(C2C(CCC(O)c3ccccc3)C(=O)N2c2ccc(F)cc2)cc1. The second-order valence-electron chi connectivity index (χ2n) is 7.47. The van der Waals surface area contributed by atoms with E-state index in [9.17, 15) is 14.3 Å². The number of hydrogen-bond acceptors (Lipinski definition) is 3. The van der Waals surface area contributed by atoms with Crippen LogP contribution in [0.15, 0.2) is 78.9 Å². The number of carbonyl (C=O) groups is 1. The van der Waals surface area contributed by atoms with Gasteiger partial charge in [-0.25, -0.2) is 4.39 Å². The Balaban J connectivity index is 1.57. The minimum absolute atomic E-state index is 0.0452. The van der Waals surface area contributed by atoms with E-state index >= 15 is 0 Å². The molecule has 3 atom stereocenters. The van der Waals surface area contributed by atoms with Gasteiger partial charge < -0.3 is 10.0 Å². The molecule has 1 aliphatic rings. The number of amides is 1. The van der Waals surface area contributed by atoms with Crippen molar-refractivity contribution in [3.8, 4) is 6.07 Å². The summed E-state index contributed by atoms with van der Waals surface area (Å²) in [4.78, 5) is 14.7. The van der Waals surface area contributed by atoms with Crippen molar-refractivity contribution in [1.29, 1.82) is 5.26 Å². The standard InChI is InChI=1S/C25H21FN2O2/c26-20-10-12-21(13-11-20)28-24(19-8-6-17(16-27)7-9-19)22(25(28)30)14-15-23(29)18-4-2-1-3-5-18/h1-13,22-24,29H,14-15H2. The molecular formula is C25H21FN2O2. The first-order valence-electron chi connectivity index (χ1n) is 9.90. The first-order valence-corrected chi connectivity index (χ1v) is 9.90. The van der Waals surface area contributed by atoms with Crippen LogP contribution in [0.3, 0.4) is 0 Å². The lowest BCUT2D eigenvalue weighted by atomic mass is 9.78. The summed E-state index contributed by atoms with van der Waals surface area (Å²) in [6, 6.07) is 24.3. The van der Waals surface area contributed by atoms with E-state index in [0.717, 1.165) is 11.1 Å². The third kappa shape index (κ3) is 3.83.